The van der Waals surface area contributed by atoms with E-state index in [1.165, 1.54) is 0 Å². The SMILES string of the molecule is CN=C(NCc1nncn1C)N1CCN(C(C)C(=O)N2CCCC2)CC1. The fourth-order valence-corrected chi connectivity index (χ4v) is 3.64. The van der Waals surface area contributed by atoms with E-state index in [0.29, 0.717) is 6.54 Å². The van der Waals surface area contributed by atoms with Gasteiger partial charge >= 0.3 is 0 Å². The van der Waals surface area contributed by atoms with Crippen molar-refractivity contribution in [2.75, 3.05) is 46.3 Å². The zero-order chi connectivity index (χ0) is 18.5. The minimum Gasteiger partial charge on any atom is -0.349 e. The molecule has 3 rings (SSSR count). The Balaban J connectivity index is 1.48. The Hall–Kier alpha value is -2.16. The van der Waals surface area contributed by atoms with E-state index in [1.54, 1.807) is 13.4 Å². The van der Waals surface area contributed by atoms with Crippen LogP contribution in [0.4, 0.5) is 0 Å². The standard InChI is InChI=1S/C17H30N8O/c1-14(16(26)24-6-4-5-7-24)23-8-10-25(11-9-23)17(18-2)19-12-15-21-20-13-22(15)3/h13-14H,4-12H2,1-3H3,(H,18,19). The van der Waals surface area contributed by atoms with Gasteiger partial charge < -0.3 is 19.7 Å². The van der Waals surface area contributed by atoms with E-state index in [1.807, 2.05) is 23.4 Å². The highest BCUT2D eigenvalue weighted by Gasteiger charge is 2.30. The topological polar surface area (TPSA) is 81.9 Å². The van der Waals surface area contributed by atoms with E-state index in [-0.39, 0.29) is 11.9 Å². The van der Waals surface area contributed by atoms with Crippen molar-refractivity contribution in [1.29, 1.82) is 0 Å². The van der Waals surface area contributed by atoms with Gasteiger partial charge in [0.2, 0.25) is 5.91 Å². The van der Waals surface area contributed by atoms with Gasteiger partial charge in [0.25, 0.3) is 0 Å². The first-order valence-corrected chi connectivity index (χ1v) is 9.41. The van der Waals surface area contributed by atoms with Crippen LogP contribution in [0.25, 0.3) is 0 Å². The lowest BCUT2D eigenvalue weighted by Crippen LogP contribution is -2.57. The number of aromatic nitrogens is 3. The quantitative estimate of drug-likeness (QED) is 0.575. The molecule has 26 heavy (non-hydrogen) atoms. The number of aryl methyl sites for hydroxylation is 1. The molecule has 2 saturated heterocycles. The van der Waals surface area contributed by atoms with Gasteiger partial charge in [-0.25, -0.2) is 0 Å². The average molecular weight is 362 g/mol. The monoisotopic (exact) mass is 362 g/mol. The molecule has 1 aromatic heterocycles. The molecule has 1 atom stereocenters. The van der Waals surface area contributed by atoms with Crippen LogP contribution in [0, 0.1) is 0 Å². The summed E-state index contributed by atoms with van der Waals surface area (Å²) >= 11 is 0. The van der Waals surface area contributed by atoms with Crippen LogP contribution >= 0.6 is 0 Å². The number of carbonyl (C=O) groups is 1. The van der Waals surface area contributed by atoms with Gasteiger partial charge in [0.1, 0.15) is 6.33 Å². The highest BCUT2D eigenvalue weighted by Crippen LogP contribution is 2.14. The number of hydrogen-bond acceptors (Lipinski definition) is 5. The first-order chi connectivity index (χ1) is 12.6. The second-order valence-corrected chi connectivity index (χ2v) is 6.99. The van der Waals surface area contributed by atoms with Gasteiger partial charge in [-0.1, -0.05) is 0 Å². The van der Waals surface area contributed by atoms with Crippen molar-refractivity contribution >= 4 is 11.9 Å². The molecule has 2 fully saturated rings. The van der Waals surface area contributed by atoms with Crippen LogP contribution in [0.5, 0.6) is 0 Å². The third-order valence-electron chi connectivity index (χ3n) is 5.36. The van der Waals surface area contributed by atoms with Crippen molar-refractivity contribution in [3.63, 3.8) is 0 Å². The van der Waals surface area contributed by atoms with Crippen LogP contribution in [-0.4, -0.2) is 93.7 Å². The summed E-state index contributed by atoms with van der Waals surface area (Å²) < 4.78 is 1.89. The predicted molar refractivity (Wildman–Crippen MR) is 99.6 cm³/mol. The van der Waals surface area contributed by atoms with E-state index < -0.39 is 0 Å². The number of guanidine groups is 1. The summed E-state index contributed by atoms with van der Waals surface area (Å²) in [6.45, 7) is 7.91. The Morgan fingerprint density at radius 3 is 2.46 bits per heavy atom. The Labute approximate surface area is 155 Å². The number of amides is 1. The number of hydrogen-bond donors (Lipinski definition) is 1. The van der Waals surface area contributed by atoms with E-state index in [0.717, 1.165) is 63.9 Å². The Morgan fingerprint density at radius 2 is 1.88 bits per heavy atom. The Kier molecular flexibility index (Phi) is 6.08. The van der Waals surface area contributed by atoms with Crippen molar-refractivity contribution in [3.8, 4) is 0 Å². The molecular weight excluding hydrogens is 332 g/mol. The van der Waals surface area contributed by atoms with Gasteiger partial charge in [0, 0.05) is 53.4 Å². The minimum absolute atomic E-state index is 0.0381. The van der Waals surface area contributed by atoms with Crippen LogP contribution < -0.4 is 5.32 Å². The number of rotatable bonds is 4. The molecular formula is C17H30N8O. The lowest BCUT2D eigenvalue weighted by atomic mass is 10.2. The van der Waals surface area contributed by atoms with Gasteiger partial charge in [-0.15, -0.1) is 10.2 Å². The fraction of sp³-hybridized carbons (Fsp3) is 0.765. The lowest BCUT2D eigenvalue weighted by molar-refractivity contribution is -0.135. The van der Waals surface area contributed by atoms with E-state index >= 15 is 0 Å². The predicted octanol–water partition coefficient (Wildman–Crippen LogP) is -0.481. The number of likely N-dealkylation sites (tertiary alicyclic amines) is 1. The molecule has 144 valence electrons. The maximum Gasteiger partial charge on any atom is 0.239 e. The normalized spacial score (nSPS) is 20.5. The highest BCUT2D eigenvalue weighted by molar-refractivity contribution is 5.82. The number of nitrogens with zero attached hydrogens (tertiary/aromatic N) is 7. The van der Waals surface area contributed by atoms with E-state index in [2.05, 4.69) is 30.3 Å². The molecule has 3 heterocycles. The van der Waals surface area contributed by atoms with Crippen molar-refractivity contribution in [1.82, 2.24) is 34.8 Å². The van der Waals surface area contributed by atoms with Crippen LogP contribution in [0.2, 0.25) is 0 Å². The Morgan fingerprint density at radius 1 is 1.19 bits per heavy atom. The molecule has 0 saturated carbocycles. The summed E-state index contributed by atoms with van der Waals surface area (Å²) in [7, 11) is 3.72. The van der Waals surface area contributed by atoms with Crippen LogP contribution in [0.1, 0.15) is 25.6 Å². The summed E-state index contributed by atoms with van der Waals surface area (Å²) in [6.07, 6.45) is 3.97. The summed E-state index contributed by atoms with van der Waals surface area (Å²) in [5.74, 6) is 2.02. The highest BCUT2D eigenvalue weighted by atomic mass is 16.2. The Bertz CT molecular complexity index is 628. The smallest absolute Gasteiger partial charge is 0.239 e. The molecule has 2 aliphatic heterocycles. The molecule has 0 aliphatic carbocycles. The largest absolute Gasteiger partial charge is 0.349 e. The van der Waals surface area contributed by atoms with Crippen molar-refractivity contribution in [2.45, 2.75) is 32.4 Å². The summed E-state index contributed by atoms with van der Waals surface area (Å²) in [5, 5.41) is 11.3. The maximum absolute atomic E-state index is 12.6. The van der Waals surface area contributed by atoms with Crippen molar-refractivity contribution in [3.05, 3.63) is 12.2 Å². The summed E-state index contributed by atoms with van der Waals surface area (Å²) in [6, 6.07) is -0.0381. The van der Waals surface area contributed by atoms with Gasteiger partial charge in [0.05, 0.1) is 12.6 Å². The first-order valence-electron chi connectivity index (χ1n) is 9.41. The van der Waals surface area contributed by atoms with Crippen LogP contribution in [0.15, 0.2) is 11.3 Å². The molecule has 1 unspecified atom stereocenters. The van der Waals surface area contributed by atoms with Gasteiger partial charge in [0.15, 0.2) is 11.8 Å². The summed E-state index contributed by atoms with van der Waals surface area (Å²) in [4.78, 5) is 23.5. The number of aliphatic imine (C=N–C) groups is 1. The van der Waals surface area contributed by atoms with Gasteiger partial charge in [-0.05, 0) is 19.8 Å². The average Bonchev–Trinajstić information content (AvgIpc) is 3.34. The number of piperazine rings is 1. The number of nitrogens with one attached hydrogen (secondary N) is 1. The first kappa shape index (κ1) is 18.6. The molecule has 0 radical (unpaired) electrons. The molecule has 9 heteroatoms. The lowest BCUT2D eigenvalue weighted by Gasteiger charge is -2.39. The molecule has 2 aliphatic rings. The van der Waals surface area contributed by atoms with E-state index in [4.69, 9.17) is 0 Å². The van der Waals surface area contributed by atoms with Gasteiger partial charge in [-0.2, -0.15) is 0 Å². The molecule has 1 aromatic rings. The second-order valence-electron chi connectivity index (χ2n) is 6.99. The molecule has 0 bridgehead atoms. The second kappa shape index (κ2) is 8.48. The van der Waals surface area contributed by atoms with Crippen molar-refractivity contribution in [2.24, 2.45) is 12.0 Å². The molecule has 1 N–H and O–H groups in total. The van der Waals surface area contributed by atoms with Crippen molar-refractivity contribution < 1.29 is 4.79 Å². The maximum atomic E-state index is 12.6. The number of carbonyl (C=O) groups excluding carboxylic acids is 1. The third-order valence-corrected chi connectivity index (χ3v) is 5.36. The summed E-state index contributed by atoms with van der Waals surface area (Å²) in [5.41, 5.74) is 0. The molecule has 9 nitrogen and oxygen atoms in total. The fourth-order valence-electron chi connectivity index (χ4n) is 3.64. The minimum atomic E-state index is -0.0381. The van der Waals surface area contributed by atoms with Gasteiger partial charge in [-0.3, -0.25) is 14.7 Å². The third kappa shape index (κ3) is 4.14. The molecule has 0 spiro atoms. The zero-order valence-corrected chi connectivity index (χ0v) is 16.1. The molecule has 1 amide bonds. The van der Waals surface area contributed by atoms with Crippen LogP contribution in [-0.2, 0) is 18.4 Å². The molecule has 0 aromatic carbocycles. The van der Waals surface area contributed by atoms with Crippen LogP contribution in [0.3, 0.4) is 0 Å². The zero-order valence-electron chi connectivity index (χ0n) is 16.1. The van der Waals surface area contributed by atoms with E-state index in [9.17, 15) is 4.79 Å².